The molecule has 0 saturated carbocycles. The second-order valence-corrected chi connectivity index (χ2v) is 2.62. The van der Waals surface area contributed by atoms with E-state index in [1.807, 2.05) is 0 Å². The van der Waals surface area contributed by atoms with Gasteiger partial charge in [-0.25, -0.2) is 18.7 Å². The molecule has 0 fully saturated rings. The zero-order valence-corrected chi connectivity index (χ0v) is 7.04. The summed E-state index contributed by atoms with van der Waals surface area (Å²) in [5.74, 6) is -0.895. The lowest BCUT2D eigenvalue weighted by atomic mass is 10.2. The van der Waals surface area contributed by atoms with Crippen molar-refractivity contribution in [3.8, 4) is 11.4 Å². The topological polar surface area (TPSA) is 25.8 Å². The molecule has 1 aromatic carbocycles. The van der Waals surface area contributed by atoms with E-state index in [0.29, 0.717) is 0 Å². The largest absolute Gasteiger partial charge is 0.233 e. The lowest BCUT2D eigenvalue weighted by Gasteiger charge is -1.99. The minimum atomic E-state index is -0.551. The molecule has 69 valence electrons. The zero-order valence-electron chi connectivity index (χ0n) is 7.04. The molecule has 0 aliphatic rings. The summed E-state index contributed by atoms with van der Waals surface area (Å²) in [5.41, 5.74) is 0.146. The third-order valence-corrected chi connectivity index (χ3v) is 1.65. The van der Waals surface area contributed by atoms with Gasteiger partial charge >= 0.3 is 0 Å². The molecule has 0 aliphatic heterocycles. The summed E-state index contributed by atoms with van der Waals surface area (Å²) < 4.78 is 25.6. The average Bonchev–Trinajstić information content (AvgIpc) is 2.20. The van der Waals surface area contributed by atoms with Crippen molar-refractivity contribution in [2.75, 3.05) is 0 Å². The summed E-state index contributed by atoms with van der Waals surface area (Å²) in [6, 6.07) is 6.99. The van der Waals surface area contributed by atoms with Crippen molar-refractivity contribution in [1.82, 2.24) is 9.97 Å². The van der Waals surface area contributed by atoms with E-state index in [2.05, 4.69) is 16.0 Å². The summed E-state index contributed by atoms with van der Waals surface area (Å²) >= 11 is 0. The van der Waals surface area contributed by atoms with Gasteiger partial charge in [0.1, 0.15) is 5.82 Å². The van der Waals surface area contributed by atoms with Crippen molar-refractivity contribution in [3.05, 3.63) is 48.3 Å². The molecule has 2 nitrogen and oxygen atoms in total. The molecule has 0 amide bonds. The Kier molecular flexibility index (Phi) is 2.18. The maximum atomic E-state index is 13.2. The summed E-state index contributed by atoms with van der Waals surface area (Å²) in [5, 5.41) is 0. The fourth-order valence-electron chi connectivity index (χ4n) is 1.03. The minimum Gasteiger partial charge on any atom is -0.233 e. The molecule has 2 aromatic rings. The molecular formula is C10H5F2N2. The Morgan fingerprint density at radius 1 is 1.14 bits per heavy atom. The van der Waals surface area contributed by atoms with Crippen LogP contribution in [0.2, 0.25) is 0 Å². The van der Waals surface area contributed by atoms with Gasteiger partial charge in [0.05, 0.1) is 18.0 Å². The van der Waals surface area contributed by atoms with Gasteiger partial charge in [-0.05, 0) is 12.1 Å². The lowest BCUT2D eigenvalue weighted by molar-refractivity contribution is 0.611. The van der Waals surface area contributed by atoms with E-state index in [4.69, 9.17) is 0 Å². The summed E-state index contributed by atoms with van der Waals surface area (Å²) in [4.78, 5) is 7.30. The first-order chi connectivity index (χ1) is 6.77. The Balaban J connectivity index is 2.50. The fraction of sp³-hybridized carbons (Fsp3) is 0. The van der Waals surface area contributed by atoms with Gasteiger partial charge < -0.3 is 0 Å². The molecule has 4 heteroatoms. The summed E-state index contributed by atoms with van der Waals surface area (Å²) in [6.07, 6.45) is 1.98. The van der Waals surface area contributed by atoms with Crippen molar-refractivity contribution in [2.45, 2.75) is 0 Å². The second kappa shape index (κ2) is 3.49. The molecule has 1 heterocycles. The lowest BCUT2D eigenvalue weighted by Crippen LogP contribution is -1.92. The fourth-order valence-corrected chi connectivity index (χ4v) is 1.03. The van der Waals surface area contributed by atoms with Crippen LogP contribution in [-0.4, -0.2) is 9.97 Å². The molecule has 0 spiro atoms. The monoisotopic (exact) mass is 191 g/mol. The SMILES string of the molecule is Fc1cnc(-c2[c]cccc2F)nc1. The number of halogens is 2. The summed E-state index contributed by atoms with van der Waals surface area (Å²) in [7, 11) is 0. The highest BCUT2D eigenvalue weighted by Gasteiger charge is 2.06. The maximum Gasteiger partial charge on any atom is 0.162 e. The maximum absolute atomic E-state index is 13.2. The van der Waals surface area contributed by atoms with Crippen LogP contribution in [-0.2, 0) is 0 Å². The van der Waals surface area contributed by atoms with E-state index >= 15 is 0 Å². The van der Waals surface area contributed by atoms with Gasteiger partial charge in [-0.15, -0.1) is 0 Å². The predicted molar refractivity (Wildman–Crippen MR) is 46.2 cm³/mol. The molecule has 0 aliphatic carbocycles. The first kappa shape index (κ1) is 8.74. The van der Waals surface area contributed by atoms with Gasteiger partial charge in [-0.2, -0.15) is 0 Å². The number of benzene rings is 1. The normalized spacial score (nSPS) is 10.1. The quantitative estimate of drug-likeness (QED) is 0.690. The van der Waals surface area contributed by atoms with E-state index in [9.17, 15) is 8.78 Å². The van der Waals surface area contributed by atoms with Crippen LogP contribution in [0.25, 0.3) is 11.4 Å². The Hall–Kier alpha value is -1.84. The van der Waals surface area contributed by atoms with Crippen LogP contribution in [0.1, 0.15) is 0 Å². The number of hydrogen-bond acceptors (Lipinski definition) is 2. The highest BCUT2D eigenvalue weighted by atomic mass is 19.1. The highest BCUT2D eigenvalue weighted by Crippen LogP contribution is 2.16. The molecule has 2 rings (SSSR count). The van der Waals surface area contributed by atoms with E-state index in [1.54, 1.807) is 6.07 Å². The molecule has 0 saturated heterocycles. The van der Waals surface area contributed by atoms with Crippen LogP contribution in [0.4, 0.5) is 8.78 Å². The molecule has 0 bridgehead atoms. The van der Waals surface area contributed by atoms with E-state index in [1.165, 1.54) is 12.1 Å². The standard InChI is InChI=1S/C10H5F2N2/c11-7-5-13-10(14-6-7)8-3-1-2-4-9(8)12/h1-2,4-6H. The Labute approximate surface area is 79.3 Å². The van der Waals surface area contributed by atoms with Crippen molar-refractivity contribution in [1.29, 1.82) is 0 Å². The van der Waals surface area contributed by atoms with Gasteiger partial charge in [0, 0.05) is 0 Å². The van der Waals surface area contributed by atoms with Crippen molar-refractivity contribution < 1.29 is 8.78 Å². The van der Waals surface area contributed by atoms with Crippen molar-refractivity contribution in [3.63, 3.8) is 0 Å². The third-order valence-electron chi connectivity index (χ3n) is 1.65. The molecule has 14 heavy (non-hydrogen) atoms. The van der Waals surface area contributed by atoms with Crippen LogP contribution in [0.3, 0.4) is 0 Å². The highest BCUT2D eigenvalue weighted by molar-refractivity contribution is 5.54. The second-order valence-electron chi connectivity index (χ2n) is 2.62. The number of rotatable bonds is 1. The summed E-state index contributed by atoms with van der Waals surface area (Å²) in [6.45, 7) is 0. The Bertz CT molecular complexity index is 440. The number of nitrogens with zero attached hydrogens (tertiary/aromatic N) is 2. The number of hydrogen-bond donors (Lipinski definition) is 0. The Morgan fingerprint density at radius 2 is 1.86 bits per heavy atom. The predicted octanol–water partition coefficient (Wildman–Crippen LogP) is 2.22. The van der Waals surface area contributed by atoms with Crippen molar-refractivity contribution >= 4 is 0 Å². The van der Waals surface area contributed by atoms with Gasteiger partial charge in [0.2, 0.25) is 0 Å². The van der Waals surface area contributed by atoms with Gasteiger partial charge in [0.15, 0.2) is 11.6 Å². The van der Waals surface area contributed by atoms with Crippen LogP contribution in [0.5, 0.6) is 0 Å². The van der Waals surface area contributed by atoms with Crippen LogP contribution in [0, 0.1) is 17.7 Å². The molecule has 0 atom stereocenters. The molecule has 1 radical (unpaired) electrons. The molecule has 0 N–H and O–H groups in total. The van der Waals surface area contributed by atoms with E-state index in [0.717, 1.165) is 12.4 Å². The van der Waals surface area contributed by atoms with Crippen LogP contribution >= 0.6 is 0 Å². The first-order valence-corrected chi connectivity index (χ1v) is 3.91. The Morgan fingerprint density at radius 3 is 2.50 bits per heavy atom. The van der Waals surface area contributed by atoms with Gasteiger partial charge in [-0.1, -0.05) is 12.1 Å². The van der Waals surface area contributed by atoms with Gasteiger partial charge in [0.25, 0.3) is 0 Å². The first-order valence-electron chi connectivity index (χ1n) is 3.91. The molecule has 1 aromatic heterocycles. The molecular weight excluding hydrogens is 186 g/mol. The third kappa shape index (κ3) is 1.59. The van der Waals surface area contributed by atoms with E-state index in [-0.39, 0.29) is 11.4 Å². The van der Waals surface area contributed by atoms with Crippen LogP contribution in [0.15, 0.2) is 30.6 Å². The molecule has 0 unspecified atom stereocenters. The van der Waals surface area contributed by atoms with Crippen LogP contribution < -0.4 is 0 Å². The van der Waals surface area contributed by atoms with Crippen molar-refractivity contribution in [2.24, 2.45) is 0 Å². The van der Waals surface area contributed by atoms with E-state index < -0.39 is 11.6 Å². The minimum absolute atomic E-state index is 0.129. The average molecular weight is 191 g/mol. The smallest absolute Gasteiger partial charge is 0.162 e. The zero-order chi connectivity index (χ0) is 9.97. The number of aromatic nitrogens is 2. The van der Waals surface area contributed by atoms with Gasteiger partial charge in [-0.3, -0.25) is 0 Å².